The van der Waals surface area contributed by atoms with Gasteiger partial charge in [-0.3, -0.25) is 0 Å². The maximum absolute atomic E-state index is 8.67. The molecule has 0 aromatic rings. The average molecular weight is 188 g/mol. The Morgan fingerprint density at radius 2 is 0.923 bits per heavy atom. The summed E-state index contributed by atoms with van der Waals surface area (Å²) in [7, 11) is 0. The molecule has 0 saturated heterocycles. The van der Waals surface area contributed by atoms with Crippen molar-refractivity contribution in [3.8, 4) is 0 Å². The van der Waals surface area contributed by atoms with Crippen molar-refractivity contribution in [1.82, 2.24) is 0 Å². The zero-order valence-electron chi connectivity index (χ0n) is 8.28. The zero-order valence-corrected chi connectivity index (χ0v) is 8.28. The highest BCUT2D eigenvalue weighted by Crippen LogP contribution is 2.12. The van der Waals surface area contributed by atoms with E-state index in [4.69, 9.17) is 15.3 Å². The van der Waals surface area contributed by atoms with Crippen LogP contribution in [0.15, 0.2) is 0 Å². The fourth-order valence-electron chi connectivity index (χ4n) is 1.57. The molecule has 0 bridgehead atoms. The van der Waals surface area contributed by atoms with Crippen molar-refractivity contribution in [2.75, 3.05) is 19.8 Å². The third kappa shape index (κ3) is 8.28. The topological polar surface area (TPSA) is 60.7 Å². The van der Waals surface area contributed by atoms with E-state index in [1.54, 1.807) is 0 Å². The summed E-state index contributed by atoms with van der Waals surface area (Å²) in [6, 6.07) is 0. The van der Waals surface area contributed by atoms with E-state index in [0.29, 0.717) is 6.71 Å². The van der Waals surface area contributed by atoms with E-state index in [1.807, 2.05) is 0 Å². The molecule has 13 heavy (non-hydrogen) atoms. The van der Waals surface area contributed by atoms with Crippen LogP contribution in [0.1, 0.15) is 19.3 Å². The Morgan fingerprint density at radius 1 is 0.615 bits per heavy atom. The van der Waals surface area contributed by atoms with Crippen molar-refractivity contribution in [2.45, 2.75) is 38.2 Å². The van der Waals surface area contributed by atoms with E-state index in [-0.39, 0.29) is 19.8 Å². The highest BCUT2D eigenvalue weighted by atomic mass is 16.3. The lowest BCUT2D eigenvalue weighted by molar-refractivity contribution is 0.289. The standard InChI is InChI=1S/C9H21BO3/c11-7-1-4-10(5-2-8-12)6-3-9-13/h11-13H,1-9H2. The van der Waals surface area contributed by atoms with Gasteiger partial charge in [0.2, 0.25) is 0 Å². The van der Waals surface area contributed by atoms with Crippen molar-refractivity contribution in [3.63, 3.8) is 0 Å². The zero-order chi connectivity index (χ0) is 9.94. The van der Waals surface area contributed by atoms with Crippen molar-refractivity contribution in [2.24, 2.45) is 0 Å². The van der Waals surface area contributed by atoms with Crippen molar-refractivity contribution >= 4 is 6.71 Å². The van der Waals surface area contributed by atoms with Gasteiger partial charge < -0.3 is 15.3 Å². The first kappa shape index (κ1) is 12.9. The van der Waals surface area contributed by atoms with Crippen LogP contribution in [0.2, 0.25) is 19.0 Å². The van der Waals surface area contributed by atoms with Gasteiger partial charge in [0.05, 0.1) is 0 Å². The van der Waals surface area contributed by atoms with Gasteiger partial charge >= 0.3 is 0 Å². The minimum absolute atomic E-state index is 0.245. The molecule has 0 aliphatic rings. The van der Waals surface area contributed by atoms with Crippen LogP contribution in [0.4, 0.5) is 0 Å². The van der Waals surface area contributed by atoms with Gasteiger partial charge in [-0.1, -0.05) is 19.0 Å². The molecule has 0 aromatic carbocycles. The first-order chi connectivity index (χ1) is 6.35. The Balaban J connectivity index is 3.47. The van der Waals surface area contributed by atoms with Gasteiger partial charge in [-0.05, 0) is 19.3 Å². The second-order valence-corrected chi connectivity index (χ2v) is 3.46. The molecule has 0 fully saturated rings. The van der Waals surface area contributed by atoms with Crippen molar-refractivity contribution in [3.05, 3.63) is 0 Å². The molecule has 4 heteroatoms. The van der Waals surface area contributed by atoms with Crippen LogP contribution >= 0.6 is 0 Å². The van der Waals surface area contributed by atoms with E-state index in [1.165, 1.54) is 0 Å². The first-order valence-electron chi connectivity index (χ1n) is 5.17. The molecular weight excluding hydrogens is 167 g/mol. The molecule has 3 N–H and O–H groups in total. The SMILES string of the molecule is OCCCB(CCCO)CCCO. The molecular formula is C9H21BO3. The third-order valence-electron chi connectivity index (χ3n) is 2.31. The first-order valence-corrected chi connectivity index (χ1v) is 5.17. The van der Waals surface area contributed by atoms with E-state index >= 15 is 0 Å². The molecule has 0 aromatic heterocycles. The average Bonchev–Trinajstić information content (AvgIpc) is 2.17. The number of rotatable bonds is 9. The summed E-state index contributed by atoms with van der Waals surface area (Å²) in [5, 5.41) is 26.0. The van der Waals surface area contributed by atoms with Crippen LogP contribution < -0.4 is 0 Å². The maximum atomic E-state index is 8.67. The molecule has 0 rings (SSSR count). The number of hydrogen-bond acceptors (Lipinski definition) is 3. The van der Waals surface area contributed by atoms with Crippen LogP contribution in [0.3, 0.4) is 0 Å². The fourth-order valence-corrected chi connectivity index (χ4v) is 1.57. The third-order valence-corrected chi connectivity index (χ3v) is 2.31. The van der Waals surface area contributed by atoms with E-state index < -0.39 is 0 Å². The summed E-state index contributed by atoms with van der Waals surface area (Å²) >= 11 is 0. The predicted octanol–water partition coefficient (Wildman–Crippen LogP) is 0.628. The van der Waals surface area contributed by atoms with Gasteiger partial charge in [0, 0.05) is 19.8 Å². The lowest BCUT2D eigenvalue weighted by Gasteiger charge is -2.11. The Labute approximate surface area is 80.9 Å². The van der Waals surface area contributed by atoms with Crippen LogP contribution in [-0.4, -0.2) is 41.9 Å². The highest BCUT2D eigenvalue weighted by molar-refractivity contribution is 6.58. The van der Waals surface area contributed by atoms with Gasteiger partial charge in [-0.2, -0.15) is 0 Å². The minimum Gasteiger partial charge on any atom is -0.396 e. The van der Waals surface area contributed by atoms with E-state index in [0.717, 1.165) is 38.2 Å². The van der Waals surface area contributed by atoms with Gasteiger partial charge in [0.15, 0.2) is 0 Å². The van der Waals surface area contributed by atoms with Gasteiger partial charge in [0.1, 0.15) is 6.71 Å². The second kappa shape index (κ2) is 10.0. The maximum Gasteiger partial charge on any atom is 0.140 e. The van der Waals surface area contributed by atoms with Gasteiger partial charge in [-0.15, -0.1) is 0 Å². The van der Waals surface area contributed by atoms with Crippen LogP contribution in [-0.2, 0) is 0 Å². The molecule has 3 nitrogen and oxygen atoms in total. The quantitative estimate of drug-likeness (QED) is 0.465. The summed E-state index contributed by atoms with van der Waals surface area (Å²) in [4.78, 5) is 0. The molecule has 0 spiro atoms. The van der Waals surface area contributed by atoms with Gasteiger partial charge in [0.25, 0.3) is 0 Å². The second-order valence-electron chi connectivity index (χ2n) is 3.46. The highest BCUT2D eigenvalue weighted by Gasteiger charge is 2.11. The molecule has 78 valence electrons. The summed E-state index contributed by atoms with van der Waals surface area (Å²) in [5.41, 5.74) is 0. The summed E-state index contributed by atoms with van der Waals surface area (Å²) < 4.78 is 0. The molecule has 0 aliphatic carbocycles. The van der Waals surface area contributed by atoms with E-state index in [9.17, 15) is 0 Å². The Kier molecular flexibility index (Phi) is 9.99. The molecule has 0 saturated carbocycles. The lowest BCUT2D eigenvalue weighted by Crippen LogP contribution is -2.13. The smallest absolute Gasteiger partial charge is 0.140 e. The Bertz CT molecular complexity index is 81.8. The molecule has 0 aliphatic heterocycles. The Morgan fingerprint density at radius 3 is 1.15 bits per heavy atom. The summed E-state index contributed by atoms with van der Waals surface area (Å²) in [6.07, 6.45) is 5.54. The van der Waals surface area contributed by atoms with Crippen molar-refractivity contribution in [1.29, 1.82) is 0 Å². The van der Waals surface area contributed by atoms with Crippen LogP contribution in [0.5, 0.6) is 0 Å². The normalized spacial score (nSPS) is 10.4. The van der Waals surface area contributed by atoms with Gasteiger partial charge in [-0.25, -0.2) is 0 Å². The number of aliphatic hydroxyl groups is 3. The van der Waals surface area contributed by atoms with Crippen LogP contribution in [0.25, 0.3) is 0 Å². The lowest BCUT2D eigenvalue weighted by atomic mass is 9.41. The van der Waals surface area contributed by atoms with Crippen molar-refractivity contribution < 1.29 is 15.3 Å². The predicted molar refractivity (Wildman–Crippen MR) is 55.3 cm³/mol. The number of aliphatic hydroxyl groups excluding tert-OH is 3. The molecule has 0 amide bonds. The summed E-state index contributed by atoms with van der Waals surface area (Å²) in [5.74, 6) is 0. The molecule has 0 heterocycles. The largest absolute Gasteiger partial charge is 0.396 e. The number of hydrogen-bond donors (Lipinski definition) is 3. The molecule has 0 unspecified atom stereocenters. The van der Waals surface area contributed by atoms with Crippen LogP contribution in [0, 0.1) is 0 Å². The fraction of sp³-hybridized carbons (Fsp3) is 1.00. The molecule has 0 atom stereocenters. The monoisotopic (exact) mass is 188 g/mol. The minimum atomic E-state index is 0.245. The van der Waals surface area contributed by atoms with E-state index in [2.05, 4.69) is 0 Å². The molecule has 0 radical (unpaired) electrons. The Hall–Kier alpha value is -0.0551. The summed E-state index contributed by atoms with van der Waals surface area (Å²) in [6.45, 7) is 1.30.